The molecule has 1 rings (SSSR count). The number of carbonyl (C=O) groups is 1. The Labute approximate surface area is 75.0 Å². The molecule has 14 heavy (non-hydrogen) atoms. The predicted molar refractivity (Wildman–Crippen MR) is 36.2 cm³/mol. The van der Waals surface area contributed by atoms with Crippen LogP contribution in [0.3, 0.4) is 0 Å². The molecule has 0 fully saturated rings. The first-order valence-corrected chi connectivity index (χ1v) is 3.28. The minimum absolute atomic E-state index is 0.199. The molecule has 1 N–H and O–H groups in total. The molecule has 7 heteroatoms. The summed E-state index contributed by atoms with van der Waals surface area (Å²) in [6.07, 6.45) is -4.49. The van der Waals surface area contributed by atoms with Gasteiger partial charge in [-0.2, -0.15) is 17.6 Å². The molecule has 0 amide bonds. The average Bonchev–Trinajstić information content (AvgIpc) is 2.02. The lowest BCUT2D eigenvalue weighted by Gasteiger charge is -2.06. The van der Waals surface area contributed by atoms with Gasteiger partial charge in [-0.3, -0.25) is 0 Å². The van der Waals surface area contributed by atoms with E-state index in [9.17, 15) is 22.4 Å². The number of carboxylic acids is 1. The van der Waals surface area contributed by atoms with E-state index in [4.69, 9.17) is 5.11 Å². The van der Waals surface area contributed by atoms with Crippen molar-refractivity contribution in [3.05, 3.63) is 29.3 Å². The molecule has 1 aromatic heterocycles. The summed E-state index contributed by atoms with van der Waals surface area (Å²) in [5.74, 6) is -3.23. The van der Waals surface area contributed by atoms with Crippen LogP contribution in [0.1, 0.15) is 15.9 Å². The Morgan fingerprint density at radius 1 is 1.43 bits per heavy atom. The van der Waals surface area contributed by atoms with Crippen molar-refractivity contribution < 1.29 is 27.5 Å². The van der Waals surface area contributed by atoms with E-state index in [0.717, 1.165) is 0 Å². The number of aromatic nitrogens is 1. The van der Waals surface area contributed by atoms with Crippen molar-refractivity contribution >= 4 is 5.97 Å². The molecule has 0 saturated heterocycles. The maximum absolute atomic E-state index is 12.5. The fraction of sp³-hybridized carbons (Fsp3) is 0.143. The van der Waals surface area contributed by atoms with Gasteiger partial charge in [0.2, 0.25) is 5.95 Å². The molecule has 0 aromatic carbocycles. The van der Waals surface area contributed by atoms with Crippen molar-refractivity contribution in [1.82, 2.24) is 4.98 Å². The van der Waals surface area contributed by atoms with Gasteiger partial charge in [-0.25, -0.2) is 9.78 Å². The summed E-state index contributed by atoms with van der Waals surface area (Å²) < 4.78 is 48.6. The van der Waals surface area contributed by atoms with Gasteiger partial charge in [0.05, 0.1) is 5.56 Å². The molecule has 0 saturated carbocycles. The fourth-order valence-electron chi connectivity index (χ4n) is 0.753. The van der Waals surface area contributed by atoms with Crippen LogP contribution in [0, 0.1) is 5.95 Å². The SMILES string of the molecule is O=C(O)c1cc(C(F)(F)F)cnc1F. The number of carboxylic acid groups (broad SMARTS) is 1. The van der Waals surface area contributed by atoms with Crippen molar-refractivity contribution in [2.45, 2.75) is 6.18 Å². The maximum atomic E-state index is 12.5. The highest BCUT2D eigenvalue weighted by molar-refractivity contribution is 5.87. The molecule has 0 radical (unpaired) electrons. The summed E-state index contributed by atoms with van der Waals surface area (Å²) >= 11 is 0. The molecule has 76 valence electrons. The first-order valence-electron chi connectivity index (χ1n) is 3.28. The van der Waals surface area contributed by atoms with E-state index < -0.39 is 29.2 Å². The molecule has 1 aromatic rings. The highest BCUT2D eigenvalue weighted by Gasteiger charge is 2.32. The third-order valence-corrected chi connectivity index (χ3v) is 1.40. The number of halogens is 4. The Balaban J connectivity index is 3.27. The minimum Gasteiger partial charge on any atom is -0.478 e. The van der Waals surface area contributed by atoms with Crippen molar-refractivity contribution in [2.75, 3.05) is 0 Å². The zero-order valence-electron chi connectivity index (χ0n) is 6.47. The molecule has 0 aliphatic heterocycles. The highest BCUT2D eigenvalue weighted by atomic mass is 19.4. The van der Waals surface area contributed by atoms with Gasteiger partial charge < -0.3 is 5.11 Å². The van der Waals surface area contributed by atoms with Crippen LogP contribution >= 0.6 is 0 Å². The zero-order valence-corrected chi connectivity index (χ0v) is 6.47. The number of rotatable bonds is 1. The van der Waals surface area contributed by atoms with Gasteiger partial charge in [0.15, 0.2) is 0 Å². The first kappa shape index (κ1) is 10.4. The van der Waals surface area contributed by atoms with Crippen molar-refractivity contribution in [3.8, 4) is 0 Å². The van der Waals surface area contributed by atoms with Crippen LogP contribution in [0.15, 0.2) is 12.3 Å². The first-order chi connectivity index (χ1) is 6.32. The second kappa shape index (κ2) is 3.24. The maximum Gasteiger partial charge on any atom is 0.417 e. The monoisotopic (exact) mass is 209 g/mol. The number of alkyl halides is 3. The lowest BCUT2D eigenvalue weighted by Crippen LogP contribution is -2.10. The van der Waals surface area contributed by atoms with Gasteiger partial charge in [0, 0.05) is 6.20 Å². The van der Waals surface area contributed by atoms with E-state index >= 15 is 0 Å². The molecule has 0 aliphatic rings. The molecule has 0 spiro atoms. The Morgan fingerprint density at radius 3 is 2.43 bits per heavy atom. The van der Waals surface area contributed by atoms with Crippen molar-refractivity contribution in [3.63, 3.8) is 0 Å². The summed E-state index contributed by atoms with van der Waals surface area (Å²) in [6, 6.07) is 0.199. The molecule has 0 bridgehead atoms. The van der Waals surface area contributed by atoms with E-state index in [1.165, 1.54) is 0 Å². The topological polar surface area (TPSA) is 50.2 Å². The van der Waals surface area contributed by atoms with Gasteiger partial charge in [-0.05, 0) is 6.07 Å². The molecular weight excluding hydrogens is 206 g/mol. The lowest BCUT2D eigenvalue weighted by atomic mass is 10.2. The largest absolute Gasteiger partial charge is 0.478 e. The number of pyridine rings is 1. The number of nitrogens with zero attached hydrogens (tertiary/aromatic N) is 1. The van der Waals surface area contributed by atoms with Crippen molar-refractivity contribution in [1.29, 1.82) is 0 Å². The number of hydrogen-bond donors (Lipinski definition) is 1. The van der Waals surface area contributed by atoms with Gasteiger partial charge in [-0.1, -0.05) is 0 Å². The predicted octanol–water partition coefficient (Wildman–Crippen LogP) is 1.94. The Morgan fingerprint density at radius 2 is 2.00 bits per heavy atom. The second-order valence-corrected chi connectivity index (χ2v) is 2.37. The molecule has 0 atom stereocenters. The Hall–Kier alpha value is -1.66. The molecule has 0 aliphatic carbocycles. The van der Waals surface area contributed by atoms with Crippen LogP contribution in [0.5, 0.6) is 0 Å². The van der Waals surface area contributed by atoms with Crippen LogP contribution in [0.2, 0.25) is 0 Å². The Bertz CT molecular complexity index is 374. The number of aromatic carboxylic acids is 1. The van der Waals surface area contributed by atoms with Gasteiger partial charge in [0.1, 0.15) is 5.56 Å². The highest BCUT2D eigenvalue weighted by Crippen LogP contribution is 2.29. The molecular formula is C7H3F4NO2. The quantitative estimate of drug-likeness (QED) is 0.567. The third-order valence-electron chi connectivity index (χ3n) is 1.40. The van der Waals surface area contributed by atoms with E-state index in [-0.39, 0.29) is 12.3 Å². The molecule has 0 unspecified atom stereocenters. The zero-order chi connectivity index (χ0) is 10.9. The summed E-state index contributed by atoms with van der Waals surface area (Å²) in [6.45, 7) is 0. The standard InChI is InChI=1S/C7H3F4NO2/c8-5-4(6(13)14)1-3(2-12-5)7(9,10)11/h1-2H,(H,13,14). The van der Waals surface area contributed by atoms with Crippen LogP contribution in [-0.2, 0) is 6.18 Å². The van der Waals surface area contributed by atoms with Gasteiger partial charge in [0.25, 0.3) is 0 Å². The smallest absolute Gasteiger partial charge is 0.417 e. The normalized spacial score (nSPS) is 11.4. The van der Waals surface area contributed by atoms with Crippen molar-refractivity contribution in [2.24, 2.45) is 0 Å². The average molecular weight is 209 g/mol. The molecule has 3 nitrogen and oxygen atoms in total. The second-order valence-electron chi connectivity index (χ2n) is 2.37. The van der Waals surface area contributed by atoms with E-state index in [1.54, 1.807) is 0 Å². The van der Waals surface area contributed by atoms with Gasteiger partial charge in [-0.15, -0.1) is 0 Å². The third kappa shape index (κ3) is 1.98. The minimum atomic E-state index is -4.73. The lowest BCUT2D eigenvalue weighted by molar-refractivity contribution is -0.137. The number of hydrogen-bond acceptors (Lipinski definition) is 2. The Kier molecular flexibility index (Phi) is 2.41. The van der Waals surface area contributed by atoms with E-state index in [2.05, 4.69) is 4.98 Å². The van der Waals surface area contributed by atoms with Crippen LogP contribution in [0.4, 0.5) is 17.6 Å². The van der Waals surface area contributed by atoms with Crippen LogP contribution in [0.25, 0.3) is 0 Å². The van der Waals surface area contributed by atoms with E-state index in [0.29, 0.717) is 0 Å². The summed E-state index contributed by atoms with van der Waals surface area (Å²) in [7, 11) is 0. The summed E-state index contributed by atoms with van der Waals surface area (Å²) in [4.78, 5) is 13.0. The van der Waals surface area contributed by atoms with Crippen LogP contribution < -0.4 is 0 Å². The molecule has 1 heterocycles. The van der Waals surface area contributed by atoms with E-state index in [1.807, 2.05) is 0 Å². The summed E-state index contributed by atoms with van der Waals surface area (Å²) in [5, 5.41) is 8.31. The summed E-state index contributed by atoms with van der Waals surface area (Å²) in [5.41, 5.74) is -2.39. The van der Waals surface area contributed by atoms with Gasteiger partial charge >= 0.3 is 12.1 Å². The fourth-order valence-corrected chi connectivity index (χ4v) is 0.753. The van der Waals surface area contributed by atoms with Crippen LogP contribution in [-0.4, -0.2) is 16.1 Å².